The lowest BCUT2D eigenvalue weighted by molar-refractivity contribution is 0.0831. The van der Waals surface area contributed by atoms with Gasteiger partial charge in [0, 0.05) is 30.2 Å². The van der Waals surface area contributed by atoms with Crippen molar-refractivity contribution in [3.8, 4) is 0 Å². The van der Waals surface area contributed by atoms with Gasteiger partial charge in [0.2, 0.25) is 0 Å². The molecule has 0 radical (unpaired) electrons. The summed E-state index contributed by atoms with van der Waals surface area (Å²) in [6, 6.07) is 8.18. The van der Waals surface area contributed by atoms with Crippen molar-refractivity contribution in [1.29, 1.82) is 10.8 Å². The number of hydrogen-bond donors (Lipinski definition) is 3. The van der Waals surface area contributed by atoms with E-state index >= 15 is 0 Å². The second-order valence-corrected chi connectivity index (χ2v) is 14.7. The van der Waals surface area contributed by atoms with Crippen LogP contribution in [-0.4, -0.2) is 59.1 Å². The van der Waals surface area contributed by atoms with Crippen LogP contribution < -0.4 is 10.2 Å². The van der Waals surface area contributed by atoms with Crippen molar-refractivity contribution in [2.75, 3.05) is 13.1 Å². The van der Waals surface area contributed by atoms with Crippen LogP contribution in [-0.2, 0) is 20.2 Å². The van der Waals surface area contributed by atoms with E-state index in [0.717, 1.165) is 22.4 Å². The molecule has 1 saturated heterocycles. The largest absolute Gasteiger partial charge is 0.287 e. The zero-order valence-electron chi connectivity index (χ0n) is 21.9. The third-order valence-electron chi connectivity index (χ3n) is 8.90. The van der Waals surface area contributed by atoms with Gasteiger partial charge in [-0.25, -0.2) is 17.4 Å². The second kappa shape index (κ2) is 9.08. The standard InChI is InChI=1S/C26H33N7O4S2/c1-19-4-6-20(7-5-19)38(34,35)32-17-8-21-23(32)29-18-22(27)33(21)24(28)25-9-12-26(13-10-25,14-11-25)30-39(36,37)31-15-2-3-16-31/h4-8,17-18,27-28,30H,2-3,9-16H2,1H3. The third-order valence-corrected chi connectivity index (χ3v) is 12.3. The summed E-state index contributed by atoms with van der Waals surface area (Å²) in [7, 11) is -7.47. The number of nitrogens with zero attached hydrogens (tertiary/aromatic N) is 4. The van der Waals surface area contributed by atoms with Gasteiger partial charge in [0.15, 0.2) is 5.65 Å². The first kappa shape index (κ1) is 26.4. The maximum atomic E-state index is 13.4. The van der Waals surface area contributed by atoms with Gasteiger partial charge in [0.25, 0.3) is 20.2 Å². The molecule has 1 aromatic carbocycles. The van der Waals surface area contributed by atoms with E-state index in [4.69, 9.17) is 5.41 Å². The third kappa shape index (κ3) is 4.26. The molecule has 2 aromatic heterocycles. The molecule has 1 aliphatic heterocycles. The maximum absolute atomic E-state index is 13.4. The summed E-state index contributed by atoms with van der Waals surface area (Å²) in [6.07, 6.45) is 8.19. The normalized spacial score (nSPS) is 25.9. The highest BCUT2D eigenvalue weighted by Gasteiger charge is 2.53. The second-order valence-electron chi connectivity index (χ2n) is 11.2. The summed E-state index contributed by atoms with van der Waals surface area (Å²) in [6.45, 7) is 3.00. The number of benzene rings is 1. The molecule has 208 valence electrons. The Hall–Kier alpha value is -2.87. The molecule has 0 atom stereocenters. The van der Waals surface area contributed by atoms with Crippen molar-refractivity contribution < 1.29 is 16.8 Å². The van der Waals surface area contributed by atoms with Crippen LogP contribution in [0, 0.1) is 23.2 Å². The van der Waals surface area contributed by atoms with E-state index in [2.05, 4.69) is 9.71 Å². The first-order chi connectivity index (χ1) is 18.5. The Labute approximate surface area is 228 Å². The molecule has 0 amide bonds. The summed E-state index contributed by atoms with van der Waals surface area (Å²) in [5, 5.41) is 17.8. The van der Waals surface area contributed by atoms with E-state index in [1.54, 1.807) is 30.3 Å². The molecule has 4 aliphatic rings. The molecule has 0 unspecified atom stereocenters. The van der Waals surface area contributed by atoms with E-state index < -0.39 is 31.2 Å². The first-order valence-corrected chi connectivity index (χ1v) is 16.2. The smallest absolute Gasteiger partial charge is 0.279 e. The molecule has 11 nitrogen and oxygen atoms in total. The van der Waals surface area contributed by atoms with Crippen molar-refractivity contribution in [3.63, 3.8) is 0 Å². The average Bonchev–Trinajstić information content (AvgIpc) is 3.61. The minimum absolute atomic E-state index is 0.00417. The van der Waals surface area contributed by atoms with Gasteiger partial charge in [-0.15, -0.1) is 0 Å². The Morgan fingerprint density at radius 1 is 0.949 bits per heavy atom. The van der Waals surface area contributed by atoms with Gasteiger partial charge >= 0.3 is 0 Å². The van der Waals surface area contributed by atoms with Gasteiger partial charge in [-0.2, -0.15) is 17.4 Å². The summed E-state index contributed by atoms with van der Waals surface area (Å²) in [5.74, 6) is 0.237. The molecule has 13 heteroatoms. The van der Waals surface area contributed by atoms with E-state index in [9.17, 15) is 22.2 Å². The van der Waals surface area contributed by atoms with E-state index in [-0.39, 0.29) is 21.9 Å². The van der Waals surface area contributed by atoms with Crippen LogP contribution in [0.2, 0.25) is 0 Å². The molecule has 39 heavy (non-hydrogen) atoms. The topological polar surface area (TPSA) is 154 Å². The molecular weight excluding hydrogens is 538 g/mol. The SMILES string of the molecule is Cc1ccc(S(=O)(=O)n2ccc3c2ncc(=N)n3C(=N)C23CCC(NS(=O)(=O)N4CCCC4)(CC2)CC3)cc1. The van der Waals surface area contributed by atoms with Crippen molar-refractivity contribution in [2.24, 2.45) is 5.41 Å². The first-order valence-electron chi connectivity index (χ1n) is 13.3. The quantitative estimate of drug-likeness (QED) is 0.307. The number of hydrogen-bond acceptors (Lipinski definition) is 7. The number of fused-ring (bicyclic) bond motifs is 4. The number of nitrogens with one attached hydrogen (secondary N) is 3. The molecule has 7 rings (SSSR count). The van der Waals surface area contributed by atoms with E-state index in [0.29, 0.717) is 57.1 Å². The fourth-order valence-corrected chi connectivity index (χ4v) is 9.48. The average molecular weight is 572 g/mol. The predicted molar refractivity (Wildman–Crippen MR) is 146 cm³/mol. The van der Waals surface area contributed by atoms with Gasteiger partial charge in [-0.1, -0.05) is 17.7 Å². The van der Waals surface area contributed by atoms with Crippen LogP contribution in [0.1, 0.15) is 56.9 Å². The molecule has 2 bridgehead atoms. The zero-order valence-corrected chi connectivity index (χ0v) is 23.5. The summed E-state index contributed by atoms with van der Waals surface area (Å²) in [5.41, 5.74) is 0.470. The summed E-state index contributed by atoms with van der Waals surface area (Å²) >= 11 is 0. The fourth-order valence-electron chi connectivity index (χ4n) is 6.46. The summed E-state index contributed by atoms with van der Waals surface area (Å²) < 4.78 is 60.0. The van der Waals surface area contributed by atoms with Crippen LogP contribution in [0.4, 0.5) is 0 Å². The Morgan fingerprint density at radius 3 is 2.18 bits per heavy atom. The Kier molecular flexibility index (Phi) is 6.14. The Morgan fingerprint density at radius 2 is 1.56 bits per heavy atom. The van der Waals surface area contributed by atoms with E-state index in [1.165, 1.54) is 21.3 Å². The van der Waals surface area contributed by atoms with Gasteiger partial charge in [0.1, 0.15) is 11.3 Å². The van der Waals surface area contributed by atoms with Gasteiger partial charge in [0.05, 0.1) is 16.6 Å². The zero-order chi connectivity index (χ0) is 27.6. The Balaban J connectivity index is 1.30. The number of rotatable bonds is 6. The minimum atomic E-state index is -3.92. The minimum Gasteiger partial charge on any atom is -0.287 e. The Bertz CT molecular complexity index is 1710. The van der Waals surface area contributed by atoms with Gasteiger partial charge in [-0.05, 0) is 76.5 Å². The highest BCUT2D eigenvalue weighted by atomic mass is 32.2. The lowest BCUT2D eigenvalue weighted by atomic mass is 9.57. The monoisotopic (exact) mass is 571 g/mol. The maximum Gasteiger partial charge on any atom is 0.279 e. The van der Waals surface area contributed by atoms with E-state index in [1.807, 2.05) is 6.92 Å². The molecule has 3 aromatic rings. The lowest BCUT2D eigenvalue weighted by Crippen LogP contribution is -2.61. The molecule has 3 N–H and O–H groups in total. The van der Waals surface area contributed by atoms with Crippen molar-refractivity contribution in [1.82, 2.24) is 22.6 Å². The number of aromatic nitrogens is 3. The number of aryl methyl sites for hydroxylation is 1. The highest BCUT2D eigenvalue weighted by molar-refractivity contribution is 7.90. The van der Waals surface area contributed by atoms with Crippen LogP contribution in [0.25, 0.3) is 11.2 Å². The van der Waals surface area contributed by atoms with Crippen molar-refractivity contribution in [2.45, 2.75) is 68.7 Å². The predicted octanol–water partition coefficient (Wildman–Crippen LogP) is 2.71. The van der Waals surface area contributed by atoms with Crippen molar-refractivity contribution in [3.05, 3.63) is 53.8 Å². The molecule has 4 fully saturated rings. The molecule has 3 saturated carbocycles. The molecule has 0 spiro atoms. The summed E-state index contributed by atoms with van der Waals surface area (Å²) in [4.78, 5) is 4.42. The van der Waals surface area contributed by atoms with Crippen LogP contribution in [0.5, 0.6) is 0 Å². The lowest BCUT2D eigenvalue weighted by Gasteiger charge is -2.53. The molecule has 3 heterocycles. The fraction of sp³-hybridized carbons (Fsp3) is 0.500. The van der Waals surface area contributed by atoms with Crippen LogP contribution in [0.15, 0.2) is 47.6 Å². The molecule has 3 aliphatic carbocycles. The highest BCUT2D eigenvalue weighted by Crippen LogP contribution is 2.53. The van der Waals surface area contributed by atoms with Gasteiger partial charge < -0.3 is 0 Å². The van der Waals surface area contributed by atoms with Gasteiger partial charge in [-0.3, -0.25) is 15.4 Å². The van der Waals surface area contributed by atoms with Crippen molar-refractivity contribution >= 4 is 37.2 Å². The van der Waals surface area contributed by atoms with Crippen LogP contribution in [0.3, 0.4) is 0 Å². The molecular formula is C26H33N7O4S2. The van der Waals surface area contributed by atoms with Crippen LogP contribution >= 0.6 is 0 Å².